The monoisotopic (exact) mass is 444 g/mol. The lowest BCUT2D eigenvalue weighted by atomic mass is 9.98. The molecular formula is C26H24N2O5. The summed E-state index contributed by atoms with van der Waals surface area (Å²) in [6.07, 6.45) is -0.970. The average molecular weight is 444 g/mol. The second kappa shape index (κ2) is 9.99. The Labute approximate surface area is 191 Å². The molecular weight excluding hydrogens is 420 g/mol. The zero-order valence-electron chi connectivity index (χ0n) is 17.9. The molecule has 2 amide bonds. The Kier molecular flexibility index (Phi) is 6.69. The number of carboxylic acids is 1. The molecule has 0 aromatic heterocycles. The van der Waals surface area contributed by atoms with Crippen LogP contribution >= 0.6 is 0 Å². The minimum atomic E-state index is -1.03. The molecule has 0 heterocycles. The van der Waals surface area contributed by atoms with Crippen molar-refractivity contribution < 1.29 is 24.2 Å². The quantitative estimate of drug-likeness (QED) is 0.489. The highest BCUT2D eigenvalue weighted by Crippen LogP contribution is 2.44. The summed E-state index contributed by atoms with van der Waals surface area (Å²) < 4.78 is 5.42. The Morgan fingerprint density at radius 3 is 2.03 bits per heavy atom. The van der Waals surface area contributed by atoms with Gasteiger partial charge in [0.25, 0.3) is 0 Å². The highest BCUT2D eigenvalue weighted by molar-refractivity contribution is 5.83. The van der Waals surface area contributed by atoms with Crippen LogP contribution in [0.2, 0.25) is 0 Å². The predicted octanol–water partition coefficient (Wildman–Crippen LogP) is 3.86. The van der Waals surface area contributed by atoms with E-state index in [1.54, 1.807) is 24.3 Å². The van der Waals surface area contributed by atoms with Crippen molar-refractivity contribution in [2.75, 3.05) is 13.2 Å². The van der Waals surface area contributed by atoms with Gasteiger partial charge in [-0.2, -0.15) is 0 Å². The van der Waals surface area contributed by atoms with Crippen LogP contribution in [0.3, 0.4) is 0 Å². The van der Waals surface area contributed by atoms with Crippen LogP contribution in [-0.2, 0) is 14.3 Å². The zero-order chi connectivity index (χ0) is 23.2. The van der Waals surface area contributed by atoms with E-state index in [0.717, 1.165) is 22.3 Å². The molecule has 1 unspecified atom stereocenters. The third-order valence-corrected chi connectivity index (χ3v) is 5.65. The molecule has 0 spiro atoms. The molecule has 3 N–H and O–H groups in total. The molecule has 3 aromatic rings. The number of carbonyl (C=O) groups excluding carboxylic acids is 2. The van der Waals surface area contributed by atoms with Crippen molar-refractivity contribution in [1.29, 1.82) is 0 Å². The molecule has 3 aromatic carbocycles. The van der Waals surface area contributed by atoms with Crippen molar-refractivity contribution in [3.05, 3.63) is 95.6 Å². The summed E-state index contributed by atoms with van der Waals surface area (Å²) in [4.78, 5) is 35.8. The first-order valence-electron chi connectivity index (χ1n) is 10.7. The van der Waals surface area contributed by atoms with E-state index in [1.807, 2.05) is 42.5 Å². The number of fused-ring (bicyclic) bond motifs is 3. The van der Waals surface area contributed by atoms with Gasteiger partial charge in [-0.05, 0) is 27.8 Å². The van der Waals surface area contributed by atoms with Gasteiger partial charge in [-0.1, -0.05) is 78.9 Å². The lowest BCUT2D eigenvalue weighted by Gasteiger charge is -2.18. The molecule has 1 aliphatic rings. The number of hydrogen-bond acceptors (Lipinski definition) is 4. The van der Waals surface area contributed by atoms with Crippen molar-refractivity contribution in [3.63, 3.8) is 0 Å². The van der Waals surface area contributed by atoms with Crippen molar-refractivity contribution in [2.45, 2.75) is 18.4 Å². The topological polar surface area (TPSA) is 105 Å². The van der Waals surface area contributed by atoms with Crippen molar-refractivity contribution in [2.24, 2.45) is 0 Å². The Balaban J connectivity index is 1.32. The van der Waals surface area contributed by atoms with Crippen LogP contribution < -0.4 is 10.6 Å². The Morgan fingerprint density at radius 1 is 0.848 bits per heavy atom. The molecule has 0 aliphatic heterocycles. The van der Waals surface area contributed by atoms with Gasteiger partial charge in [0.15, 0.2) is 0 Å². The van der Waals surface area contributed by atoms with Gasteiger partial charge in [-0.3, -0.25) is 9.59 Å². The zero-order valence-corrected chi connectivity index (χ0v) is 17.9. The number of amides is 2. The maximum Gasteiger partial charge on any atom is 0.407 e. The Bertz CT molecular complexity index is 1120. The maximum atomic E-state index is 12.3. The molecule has 7 heteroatoms. The lowest BCUT2D eigenvalue weighted by Crippen LogP contribution is -2.39. The van der Waals surface area contributed by atoms with Crippen LogP contribution in [0.4, 0.5) is 4.79 Å². The normalized spacial score (nSPS) is 12.8. The smallest absolute Gasteiger partial charge is 0.407 e. The largest absolute Gasteiger partial charge is 0.481 e. The molecule has 7 nitrogen and oxygen atoms in total. The molecule has 0 radical (unpaired) electrons. The van der Waals surface area contributed by atoms with Crippen molar-refractivity contribution in [3.8, 4) is 11.1 Å². The van der Waals surface area contributed by atoms with Gasteiger partial charge in [0.05, 0.1) is 12.5 Å². The van der Waals surface area contributed by atoms with Gasteiger partial charge in [-0.25, -0.2) is 4.79 Å². The van der Waals surface area contributed by atoms with Gasteiger partial charge >= 0.3 is 12.1 Å². The van der Waals surface area contributed by atoms with E-state index in [0.29, 0.717) is 5.56 Å². The van der Waals surface area contributed by atoms with Crippen molar-refractivity contribution in [1.82, 2.24) is 10.6 Å². The SMILES string of the molecule is O=C(O)CC(NC(=O)CNC(=O)OCC1c2ccccc2-c2ccccc21)c1ccccc1. The number of rotatable bonds is 8. The number of carbonyl (C=O) groups is 3. The molecule has 168 valence electrons. The van der Waals surface area contributed by atoms with E-state index in [4.69, 9.17) is 9.84 Å². The van der Waals surface area contributed by atoms with Crippen LogP contribution in [0, 0.1) is 0 Å². The number of hydrogen-bond donors (Lipinski definition) is 3. The molecule has 1 atom stereocenters. The number of alkyl carbamates (subject to hydrolysis) is 1. The number of carboxylic acid groups (broad SMARTS) is 1. The molecule has 0 fully saturated rings. The number of benzene rings is 3. The first kappa shape index (κ1) is 22.1. The molecule has 1 aliphatic carbocycles. The second-order valence-corrected chi connectivity index (χ2v) is 7.81. The van der Waals surface area contributed by atoms with Gasteiger partial charge in [0, 0.05) is 5.92 Å². The van der Waals surface area contributed by atoms with Gasteiger partial charge in [0.2, 0.25) is 5.91 Å². The maximum absolute atomic E-state index is 12.3. The summed E-state index contributed by atoms with van der Waals surface area (Å²) in [5.41, 5.74) is 5.14. The number of aliphatic carboxylic acids is 1. The van der Waals surface area contributed by atoms with Crippen LogP contribution in [0.25, 0.3) is 11.1 Å². The summed E-state index contributed by atoms with van der Waals surface area (Å²) in [5, 5.41) is 14.2. The third kappa shape index (κ3) is 5.20. The average Bonchev–Trinajstić information content (AvgIpc) is 3.15. The first-order valence-corrected chi connectivity index (χ1v) is 10.7. The molecule has 0 saturated carbocycles. The van der Waals surface area contributed by atoms with E-state index in [-0.39, 0.29) is 25.5 Å². The fourth-order valence-corrected chi connectivity index (χ4v) is 4.16. The summed E-state index contributed by atoms with van der Waals surface area (Å²) in [6.45, 7) is -0.174. The predicted molar refractivity (Wildman–Crippen MR) is 123 cm³/mol. The Morgan fingerprint density at radius 2 is 1.42 bits per heavy atom. The minimum absolute atomic E-state index is 0.0741. The second-order valence-electron chi connectivity index (χ2n) is 7.81. The van der Waals surface area contributed by atoms with Gasteiger partial charge < -0.3 is 20.5 Å². The highest BCUT2D eigenvalue weighted by Gasteiger charge is 2.29. The van der Waals surface area contributed by atoms with Crippen LogP contribution in [0.1, 0.15) is 35.1 Å². The van der Waals surface area contributed by atoms with Crippen molar-refractivity contribution >= 4 is 18.0 Å². The van der Waals surface area contributed by atoms with E-state index in [9.17, 15) is 14.4 Å². The van der Waals surface area contributed by atoms with E-state index in [1.165, 1.54) is 0 Å². The molecule has 4 rings (SSSR count). The fraction of sp³-hybridized carbons (Fsp3) is 0.192. The van der Waals surface area contributed by atoms with E-state index >= 15 is 0 Å². The first-order chi connectivity index (χ1) is 16.0. The summed E-state index contributed by atoms with van der Waals surface area (Å²) in [7, 11) is 0. The van der Waals surface area contributed by atoms with E-state index in [2.05, 4.69) is 22.8 Å². The standard InChI is InChI=1S/C26H24N2O5/c29-24(28-23(14-25(30)31)17-8-2-1-3-9-17)15-27-26(32)33-16-22-20-12-6-4-10-18(20)19-11-5-7-13-21(19)22/h1-13,22-23H,14-16H2,(H,27,32)(H,28,29)(H,30,31). The summed E-state index contributed by atoms with van der Waals surface area (Å²) in [6, 6.07) is 24.2. The summed E-state index contributed by atoms with van der Waals surface area (Å²) >= 11 is 0. The molecule has 33 heavy (non-hydrogen) atoms. The number of ether oxygens (including phenoxy) is 1. The van der Waals surface area contributed by atoms with Gasteiger partial charge in [0.1, 0.15) is 13.2 Å². The third-order valence-electron chi connectivity index (χ3n) is 5.65. The fourth-order valence-electron chi connectivity index (χ4n) is 4.16. The summed E-state index contributed by atoms with van der Waals surface area (Å²) in [5.74, 6) is -1.61. The number of nitrogens with one attached hydrogen (secondary N) is 2. The van der Waals surface area contributed by atoms with Gasteiger partial charge in [-0.15, -0.1) is 0 Å². The van der Waals surface area contributed by atoms with Crippen LogP contribution in [0.5, 0.6) is 0 Å². The van der Waals surface area contributed by atoms with E-state index < -0.39 is 24.0 Å². The van der Waals surface area contributed by atoms with Crippen LogP contribution in [-0.4, -0.2) is 36.2 Å². The minimum Gasteiger partial charge on any atom is -0.481 e. The van der Waals surface area contributed by atoms with Crippen LogP contribution in [0.15, 0.2) is 78.9 Å². The molecule has 0 bridgehead atoms. The molecule has 0 saturated heterocycles. The Hall–Kier alpha value is -4.13. The lowest BCUT2D eigenvalue weighted by molar-refractivity contribution is -0.137. The highest BCUT2D eigenvalue weighted by atomic mass is 16.5.